The SMILES string of the molecule is CCCC(CCO)CNc1ccncc1Br. The summed E-state index contributed by atoms with van der Waals surface area (Å²) < 4.78 is 0.981. The number of hydrogen-bond donors (Lipinski definition) is 2. The molecule has 90 valence electrons. The number of aliphatic hydroxyl groups excluding tert-OH is 1. The van der Waals surface area contributed by atoms with Gasteiger partial charge in [0.2, 0.25) is 0 Å². The van der Waals surface area contributed by atoms with Crippen molar-refractivity contribution in [2.24, 2.45) is 5.92 Å². The lowest BCUT2D eigenvalue weighted by Gasteiger charge is -2.17. The standard InChI is InChI=1S/C12H19BrN2O/c1-2-3-10(5-7-16)8-15-12-4-6-14-9-11(12)13/h4,6,9-10,16H,2-3,5,7-8H2,1H3,(H,14,15). The number of pyridine rings is 1. The lowest BCUT2D eigenvalue weighted by atomic mass is 10.0. The Labute approximate surface area is 105 Å². The Kier molecular flexibility index (Phi) is 6.42. The Balaban J connectivity index is 2.45. The van der Waals surface area contributed by atoms with E-state index in [4.69, 9.17) is 5.11 Å². The van der Waals surface area contributed by atoms with Gasteiger partial charge in [0.05, 0.1) is 10.2 Å². The van der Waals surface area contributed by atoms with Gasteiger partial charge in [-0.2, -0.15) is 0 Å². The molecule has 0 aromatic carbocycles. The van der Waals surface area contributed by atoms with Crippen LogP contribution in [0.15, 0.2) is 22.9 Å². The fraction of sp³-hybridized carbons (Fsp3) is 0.583. The molecule has 1 rings (SSSR count). The summed E-state index contributed by atoms with van der Waals surface area (Å²) in [6.07, 6.45) is 6.72. The van der Waals surface area contributed by atoms with E-state index in [0.29, 0.717) is 5.92 Å². The van der Waals surface area contributed by atoms with Crippen molar-refractivity contribution in [3.8, 4) is 0 Å². The lowest BCUT2D eigenvalue weighted by Crippen LogP contribution is -2.15. The highest BCUT2D eigenvalue weighted by Gasteiger charge is 2.07. The maximum atomic E-state index is 8.97. The van der Waals surface area contributed by atoms with E-state index in [-0.39, 0.29) is 6.61 Å². The third kappa shape index (κ3) is 4.49. The molecular weight excluding hydrogens is 268 g/mol. The summed E-state index contributed by atoms with van der Waals surface area (Å²) in [5.74, 6) is 0.537. The minimum atomic E-state index is 0.268. The summed E-state index contributed by atoms with van der Waals surface area (Å²) in [4.78, 5) is 4.02. The first-order valence-corrected chi connectivity index (χ1v) is 6.51. The number of nitrogens with zero attached hydrogens (tertiary/aromatic N) is 1. The van der Waals surface area contributed by atoms with Crippen molar-refractivity contribution in [1.29, 1.82) is 0 Å². The van der Waals surface area contributed by atoms with E-state index < -0.39 is 0 Å². The monoisotopic (exact) mass is 286 g/mol. The van der Waals surface area contributed by atoms with Crippen molar-refractivity contribution < 1.29 is 5.11 Å². The van der Waals surface area contributed by atoms with Crippen molar-refractivity contribution in [3.63, 3.8) is 0 Å². The minimum Gasteiger partial charge on any atom is -0.396 e. The minimum absolute atomic E-state index is 0.268. The van der Waals surface area contributed by atoms with Gasteiger partial charge in [-0.15, -0.1) is 0 Å². The maximum absolute atomic E-state index is 8.97. The molecule has 0 saturated heterocycles. The molecule has 0 bridgehead atoms. The molecule has 0 aliphatic carbocycles. The number of halogens is 1. The quantitative estimate of drug-likeness (QED) is 0.810. The Morgan fingerprint density at radius 1 is 1.50 bits per heavy atom. The molecule has 1 aromatic rings. The zero-order valence-corrected chi connectivity index (χ0v) is 11.2. The third-order valence-corrected chi connectivity index (χ3v) is 3.22. The molecule has 0 aliphatic heterocycles. The van der Waals surface area contributed by atoms with Crippen LogP contribution < -0.4 is 5.32 Å². The Hall–Kier alpha value is -0.610. The van der Waals surface area contributed by atoms with Crippen molar-refractivity contribution in [2.75, 3.05) is 18.5 Å². The van der Waals surface area contributed by atoms with E-state index in [1.165, 1.54) is 0 Å². The molecular formula is C12H19BrN2O. The zero-order valence-electron chi connectivity index (χ0n) is 9.62. The van der Waals surface area contributed by atoms with E-state index in [1.54, 1.807) is 12.4 Å². The van der Waals surface area contributed by atoms with Crippen LogP contribution in [0.1, 0.15) is 26.2 Å². The number of aliphatic hydroxyl groups is 1. The first-order valence-electron chi connectivity index (χ1n) is 5.72. The number of hydrogen-bond acceptors (Lipinski definition) is 3. The second kappa shape index (κ2) is 7.63. The average Bonchev–Trinajstić information content (AvgIpc) is 2.28. The number of rotatable bonds is 7. The van der Waals surface area contributed by atoms with E-state index in [9.17, 15) is 0 Å². The highest BCUT2D eigenvalue weighted by atomic mass is 79.9. The predicted octanol–water partition coefficient (Wildman–Crippen LogP) is 3.05. The number of aromatic nitrogens is 1. The molecule has 3 nitrogen and oxygen atoms in total. The van der Waals surface area contributed by atoms with Gasteiger partial charge < -0.3 is 10.4 Å². The fourth-order valence-electron chi connectivity index (χ4n) is 1.71. The molecule has 2 N–H and O–H groups in total. The van der Waals surface area contributed by atoms with Crippen molar-refractivity contribution in [1.82, 2.24) is 4.98 Å². The van der Waals surface area contributed by atoms with E-state index in [2.05, 4.69) is 33.2 Å². The molecule has 0 saturated carbocycles. The molecule has 0 amide bonds. The summed E-state index contributed by atoms with van der Waals surface area (Å²) >= 11 is 3.45. The molecule has 0 fully saturated rings. The van der Waals surface area contributed by atoms with Crippen molar-refractivity contribution in [3.05, 3.63) is 22.9 Å². The van der Waals surface area contributed by atoms with Gasteiger partial charge in [-0.3, -0.25) is 4.98 Å². The smallest absolute Gasteiger partial charge is 0.0590 e. The highest BCUT2D eigenvalue weighted by Crippen LogP contribution is 2.21. The molecule has 1 atom stereocenters. The van der Waals surface area contributed by atoms with E-state index in [1.807, 2.05) is 6.07 Å². The molecule has 0 radical (unpaired) electrons. The number of nitrogens with one attached hydrogen (secondary N) is 1. The van der Waals surface area contributed by atoms with Gasteiger partial charge >= 0.3 is 0 Å². The summed E-state index contributed by atoms with van der Waals surface area (Å²) in [6.45, 7) is 3.34. The van der Waals surface area contributed by atoms with Crippen LogP contribution in [-0.4, -0.2) is 23.2 Å². The van der Waals surface area contributed by atoms with Crippen molar-refractivity contribution >= 4 is 21.6 Å². The molecule has 0 spiro atoms. The van der Waals surface area contributed by atoms with Crippen molar-refractivity contribution in [2.45, 2.75) is 26.2 Å². The van der Waals surface area contributed by atoms with E-state index in [0.717, 1.165) is 36.0 Å². The van der Waals surface area contributed by atoms with Crippen LogP contribution in [0, 0.1) is 5.92 Å². The van der Waals surface area contributed by atoms with Crippen LogP contribution in [0.25, 0.3) is 0 Å². The van der Waals surface area contributed by atoms with Gasteiger partial charge in [-0.1, -0.05) is 13.3 Å². The summed E-state index contributed by atoms with van der Waals surface area (Å²) in [7, 11) is 0. The van der Waals surface area contributed by atoms with Gasteiger partial charge in [-0.25, -0.2) is 0 Å². The molecule has 0 aliphatic rings. The third-order valence-electron chi connectivity index (χ3n) is 2.59. The molecule has 4 heteroatoms. The first-order chi connectivity index (χ1) is 7.77. The zero-order chi connectivity index (χ0) is 11.8. The summed E-state index contributed by atoms with van der Waals surface area (Å²) in [6, 6.07) is 1.95. The van der Waals surface area contributed by atoms with Gasteiger partial charge in [0.25, 0.3) is 0 Å². The first kappa shape index (κ1) is 13.5. The van der Waals surface area contributed by atoms with Crippen LogP contribution >= 0.6 is 15.9 Å². The van der Waals surface area contributed by atoms with Gasteiger partial charge in [0, 0.05) is 25.5 Å². The summed E-state index contributed by atoms with van der Waals surface area (Å²) in [5.41, 5.74) is 1.06. The van der Waals surface area contributed by atoms with Gasteiger partial charge in [0.1, 0.15) is 0 Å². The van der Waals surface area contributed by atoms with Crippen LogP contribution in [0.2, 0.25) is 0 Å². The Morgan fingerprint density at radius 2 is 2.31 bits per heavy atom. The summed E-state index contributed by atoms with van der Waals surface area (Å²) in [5, 5.41) is 12.4. The van der Waals surface area contributed by atoms with Crippen LogP contribution in [0.5, 0.6) is 0 Å². The molecule has 1 unspecified atom stereocenters. The Bertz CT molecular complexity index is 301. The Morgan fingerprint density at radius 3 is 2.94 bits per heavy atom. The average molecular weight is 287 g/mol. The van der Waals surface area contributed by atoms with Crippen LogP contribution in [0.4, 0.5) is 5.69 Å². The van der Waals surface area contributed by atoms with Gasteiger partial charge in [0.15, 0.2) is 0 Å². The largest absolute Gasteiger partial charge is 0.396 e. The second-order valence-corrected chi connectivity index (χ2v) is 4.76. The predicted molar refractivity (Wildman–Crippen MR) is 70.5 cm³/mol. The fourth-order valence-corrected chi connectivity index (χ4v) is 2.10. The van der Waals surface area contributed by atoms with E-state index >= 15 is 0 Å². The van der Waals surface area contributed by atoms with Crippen LogP contribution in [-0.2, 0) is 0 Å². The lowest BCUT2D eigenvalue weighted by molar-refractivity contribution is 0.255. The molecule has 16 heavy (non-hydrogen) atoms. The van der Waals surface area contributed by atoms with Crippen LogP contribution in [0.3, 0.4) is 0 Å². The van der Waals surface area contributed by atoms with Gasteiger partial charge in [-0.05, 0) is 40.8 Å². The topological polar surface area (TPSA) is 45.1 Å². The molecule has 1 aromatic heterocycles. The maximum Gasteiger partial charge on any atom is 0.0590 e. The normalized spacial score (nSPS) is 12.4. The second-order valence-electron chi connectivity index (χ2n) is 3.90. The number of anilines is 1. The highest BCUT2D eigenvalue weighted by molar-refractivity contribution is 9.10. The molecule has 1 heterocycles.